The minimum absolute atomic E-state index is 0.833. The van der Waals surface area contributed by atoms with Crippen LogP contribution in [0.2, 0.25) is 0 Å². The average molecular weight is 315 g/mol. The molecule has 0 fully saturated rings. The Morgan fingerprint density at radius 2 is 0.682 bits per heavy atom. The molecule has 2 heteroatoms. The summed E-state index contributed by atoms with van der Waals surface area (Å²) in [5.74, 6) is -0.833. The predicted octanol–water partition coefficient (Wildman–Crippen LogP) is 7.36. The van der Waals surface area contributed by atoms with E-state index in [4.69, 9.17) is 9.90 Å². The van der Waals surface area contributed by atoms with E-state index >= 15 is 0 Å². The quantitative estimate of drug-likeness (QED) is 0.321. The van der Waals surface area contributed by atoms with Crippen molar-refractivity contribution in [3.05, 3.63) is 0 Å². The van der Waals surface area contributed by atoms with Crippen LogP contribution in [-0.4, -0.2) is 11.1 Å². The largest absolute Gasteiger partial charge is 0.481 e. The molecule has 0 rings (SSSR count). The van der Waals surface area contributed by atoms with E-state index in [9.17, 15) is 0 Å². The number of unbranched alkanes of at least 4 members (excludes halogenated alkanes) is 15. The molecule has 22 heavy (non-hydrogen) atoms. The molecule has 0 heterocycles. The summed E-state index contributed by atoms with van der Waals surface area (Å²) < 4.78 is 0. The summed E-state index contributed by atoms with van der Waals surface area (Å²) in [6, 6.07) is 0. The van der Waals surface area contributed by atoms with Gasteiger partial charge in [-0.05, 0) is 0 Å². The molecular weight excluding hydrogens is 272 g/mol. The molecule has 0 spiro atoms. The van der Waals surface area contributed by atoms with E-state index in [-0.39, 0.29) is 0 Å². The van der Waals surface area contributed by atoms with Gasteiger partial charge in [-0.1, -0.05) is 117 Å². The second kappa shape index (κ2) is 22.7. The van der Waals surface area contributed by atoms with E-state index < -0.39 is 5.97 Å². The second-order valence-electron chi connectivity index (χ2n) is 6.47. The molecule has 0 saturated carbocycles. The van der Waals surface area contributed by atoms with E-state index in [0.717, 1.165) is 6.92 Å². The molecule has 0 aromatic heterocycles. The molecule has 0 radical (unpaired) electrons. The van der Waals surface area contributed by atoms with Crippen LogP contribution in [0.5, 0.6) is 0 Å². The highest BCUT2D eigenvalue weighted by atomic mass is 16.4. The maximum absolute atomic E-state index is 9.00. The Labute approximate surface area is 140 Å². The summed E-state index contributed by atoms with van der Waals surface area (Å²) in [4.78, 5) is 9.00. The molecule has 0 unspecified atom stereocenters. The number of aliphatic carboxylic acids is 1. The fourth-order valence-electron chi connectivity index (χ4n) is 2.62. The summed E-state index contributed by atoms with van der Waals surface area (Å²) in [6.45, 7) is 5.67. The minimum Gasteiger partial charge on any atom is -0.481 e. The van der Waals surface area contributed by atoms with Gasteiger partial charge in [0, 0.05) is 6.92 Å². The van der Waals surface area contributed by atoms with E-state index in [0.29, 0.717) is 0 Å². The number of carbonyl (C=O) groups is 1. The highest BCUT2D eigenvalue weighted by Crippen LogP contribution is 2.13. The summed E-state index contributed by atoms with van der Waals surface area (Å²) in [5.41, 5.74) is 0. The minimum atomic E-state index is -0.833. The second-order valence-corrected chi connectivity index (χ2v) is 6.47. The Balaban J connectivity index is 0. The van der Waals surface area contributed by atoms with Gasteiger partial charge in [0.1, 0.15) is 0 Å². The van der Waals surface area contributed by atoms with E-state index in [1.807, 2.05) is 0 Å². The number of hydrogen-bond acceptors (Lipinski definition) is 1. The van der Waals surface area contributed by atoms with Crippen molar-refractivity contribution < 1.29 is 9.90 Å². The van der Waals surface area contributed by atoms with Crippen molar-refractivity contribution in [1.82, 2.24) is 0 Å². The van der Waals surface area contributed by atoms with Crippen LogP contribution < -0.4 is 0 Å². The third-order valence-electron chi connectivity index (χ3n) is 3.96. The molecule has 0 aromatic rings. The third-order valence-corrected chi connectivity index (χ3v) is 3.96. The van der Waals surface area contributed by atoms with Gasteiger partial charge in [-0.2, -0.15) is 0 Å². The molecule has 0 atom stereocenters. The summed E-state index contributed by atoms with van der Waals surface area (Å²) in [7, 11) is 0. The van der Waals surface area contributed by atoms with Crippen LogP contribution in [-0.2, 0) is 4.79 Å². The number of hydrogen-bond donors (Lipinski definition) is 1. The Morgan fingerprint density at radius 3 is 0.818 bits per heavy atom. The van der Waals surface area contributed by atoms with Crippen LogP contribution >= 0.6 is 0 Å². The lowest BCUT2D eigenvalue weighted by molar-refractivity contribution is -0.134. The van der Waals surface area contributed by atoms with Gasteiger partial charge >= 0.3 is 0 Å². The molecule has 0 aliphatic heterocycles. The molecule has 0 bridgehead atoms. The lowest BCUT2D eigenvalue weighted by Gasteiger charge is -2.03. The van der Waals surface area contributed by atoms with Crippen molar-refractivity contribution >= 4 is 5.97 Å². The van der Waals surface area contributed by atoms with E-state index in [1.165, 1.54) is 103 Å². The molecule has 0 aliphatic rings. The van der Waals surface area contributed by atoms with Crippen LogP contribution in [0.25, 0.3) is 0 Å². The molecule has 134 valence electrons. The van der Waals surface area contributed by atoms with Crippen LogP contribution in [0.1, 0.15) is 124 Å². The standard InChI is InChI=1S/C18H38.C2H4O2/c1-3-5-7-9-11-13-15-17-18-16-14-12-10-8-6-4-2;1-2(3)4/h3-18H2,1-2H3;1H3,(H,3,4). The Bertz CT molecular complexity index is 182. The maximum Gasteiger partial charge on any atom is 0.300 e. The average Bonchev–Trinajstić information content (AvgIpc) is 2.47. The first-order valence-electron chi connectivity index (χ1n) is 9.84. The predicted molar refractivity (Wildman–Crippen MR) is 98.5 cm³/mol. The van der Waals surface area contributed by atoms with Gasteiger partial charge in [-0.25, -0.2) is 0 Å². The fourth-order valence-corrected chi connectivity index (χ4v) is 2.62. The zero-order valence-corrected chi connectivity index (χ0v) is 15.7. The monoisotopic (exact) mass is 314 g/mol. The lowest BCUT2D eigenvalue weighted by atomic mass is 10.0. The van der Waals surface area contributed by atoms with Crippen molar-refractivity contribution in [2.45, 2.75) is 124 Å². The van der Waals surface area contributed by atoms with Gasteiger partial charge in [-0.15, -0.1) is 0 Å². The lowest BCUT2D eigenvalue weighted by Crippen LogP contribution is -1.83. The molecule has 0 aromatic carbocycles. The van der Waals surface area contributed by atoms with E-state index in [1.54, 1.807) is 0 Å². The van der Waals surface area contributed by atoms with Crippen LogP contribution in [0.4, 0.5) is 0 Å². The summed E-state index contributed by atoms with van der Waals surface area (Å²) >= 11 is 0. The molecule has 0 saturated heterocycles. The van der Waals surface area contributed by atoms with Gasteiger partial charge in [-0.3, -0.25) is 4.79 Å². The van der Waals surface area contributed by atoms with Crippen molar-refractivity contribution in [2.75, 3.05) is 0 Å². The topological polar surface area (TPSA) is 37.3 Å². The number of carboxylic acids is 1. The van der Waals surface area contributed by atoms with Gasteiger partial charge in [0.25, 0.3) is 5.97 Å². The molecule has 0 aliphatic carbocycles. The van der Waals surface area contributed by atoms with Crippen LogP contribution in [0.3, 0.4) is 0 Å². The highest BCUT2D eigenvalue weighted by Gasteiger charge is 1.93. The molecule has 1 N–H and O–H groups in total. The first kappa shape index (κ1) is 23.7. The van der Waals surface area contributed by atoms with Gasteiger partial charge in [0.2, 0.25) is 0 Å². The number of carboxylic acid groups (broad SMARTS) is 1. The zero-order valence-electron chi connectivity index (χ0n) is 15.7. The van der Waals surface area contributed by atoms with Crippen molar-refractivity contribution in [3.8, 4) is 0 Å². The SMILES string of the molecule is CC(=O)O.CCCCCCCCCCCCCCCCCC. The van der Waals surface area contributed by atoms with Crippen molar-refractivity contribution in [3.63, 3.8) is 0 Å². The first-order chi connectivity index (χ1) is 10.6. The normalized spacial score (nSPS) is 10.1. The number of rotatable bonds is 15. The molecule has 2 nitrogen and oxygen atoms in total. The third kappa shape index (κ3) is 31.7. The maximum atomic E-state index is 9.00. The van der Waals surface area contributed by atoms with Crippen molar-refractivity contribution in [1.29, 1.82) is 0 Å². The molecular formula is C20H42O2. The smallest absolute Gasteiger partial charge is 0.300 e. The van der Waals surface area contributed by atoms with Crippen molar-refractivity contribution in [2.24, 2.45) is 0 Å². The van der Waals surface area contributed by atoms with Crippen LogP contribution in [0.15, 0.2) is 0 Å². The summed E-state index contributed by atoms with van der Waals surface area (Å²) in [6.07, 6.45) is 23.4. The van der Waals surface area contributed by atoms with Gasteiger partial charge in [0.15, 0.2) is 0 Å². The Kier molecular flexibility index (Phi) is 24.5. The van der Waals surface area contributed by atoms with Gasteiger partial charge in [0.05, 0.1) is 0 Å². The first-order valence-corrected chi connectivity index (χ1v) is 9.84. The fraction of sp³-hybridized carbons (Fsp3) is 0.950. The summed E-state index contributed by atoms with van der Waals surface area (Å²) in [5, 5.41) is 7.42. The zero-order chi connectivity index (χ0) is 16.9. The Hall–Kier alpha value is -0.530. The molecule has 0 amide bonds. The van der Waals surface area contributed by atoms with E-state index in [2.05, 4.69) is 13.8 Å². The Morgan fingerprint density at radius 1 is 0.545 bits per heavy atom. The highest BCUT2D eigenvalue weighted by molar-refractivity contribution is 5.62. The van der Waals surface area contributed by atoms with Gasteiger partial charge < -0.3 is 5.11 Å². The van der Waals surface area contributed by atoms with Crippen LogP contribution in [0, 0.1) is 0 Å².